The number of halogens is 2. The Labute approximate surface area is 91.9 Å². The molecule has 0 aliphatic heterocycles. The summed E-state index contributed by atoms with van der Waals surface area (Å²) in [5.41, 5.74) is 5.91. The molecule has 0 bridgehead atoms. The standard InChI is InChI=1S/C8H12BrNS.ClH/c1-2-3-6(10)7-4-5-8(9)11-7;/h4-6H,2-3,10H2,1H3;1H/t6-;/m0./s1. The van der Waals surface area contributed by atoms with Gasteiger partial charge in [0.1, 0.15) is 0 Å². The van der Waals surface area contributed by atoms with Crippen LogP contribution >= 0.6 is 39.7 Å². The van der Waals surface area contributed by atoms with Crippen molar-refractivity contribution in [3.63, 3.8) is 0 Å². The predicted molar refractivity (Wildman–Crippen MR) is 61.1 cm³/mol. The Bertz CT molecular complexity index is 227. The minimum Gasteiger partial charge on any atom is -0.323 e. The van der Waals surface area contributed by atoms with Gasteiger partial charge in [-0.3, -0.25) is 0 Å². The molecule has 0 amide bonds. The van der Waals surface area contributed by atoms with Gasteiger partial charge in [0, 0.05) is 10.9 Å². The molecule has 0 radical (unpaired) electrons. The lowest BCUT2D eigenvalue weighted by molar-refractivity contribution is 0.648. The fourth-order valence-electron chi connectivity index (χ4n) is 0.981. The molecule has 1 nitrogen and oxygen atoms in total. The lowest BCUT2D eigenvalue weighted by Gasteiger charge is -2.05. The molecule has 0 aliphatic rings. The molecule has 0 saturated heterocycles. The first-order valence-corrected chi connectivity index (χ1v) is 5.35. The molecule has 0 fully saturated rings. The van der Waals surface area contributed by atoms with Crippen LogP contribution in [-0.2, 0) is 0 Å². The highest BCUT2D eigenvalue weighted by atomic mass is 79.9. The number of thiophene rings is 1. The Hall–Kier alpha value is 0.430. The molecular formula is C8H13BrClNS. The lowest BCUT2D eigenvalue weighted by Crippen LogP contribution is -2.07. The topological polar surface area (TPSA) is 26.0 Å². The summed E-state index contributed by atoms with van der Waals surface area (Å²) in [5, 5.41) is 0. The number of rotatable bonds is 3. The van der Waals surface area contributed by atoms with E-state index in [1.54, 1.807) is 11.3 Å². The zero-order valence-electron chi connectivity index (χ0n) is 6.92. The van der Waals surface area contributed by atoms with E-state index in [1.165, 1.54) is 8.66 Å². The Morgan fingerprint density at radius 1 is 1.58 bits per heavy atom. The summed E-state index contributed by atoms with van der Waals surface area (Å²) >= 11 is 5.14. The molecule has 1 heterocycles. The van der Waals surface area contributed by atoms with Crippen molar-refractivity contribution in [3.05, 3.63) is 20.8 Å². The first kappa shape index (κ1) is 12.4. The zero-order chi connectivity index (χ0) is 8.27. The summed E-state index contributed by atoms with van der Waals surface area (Å²) in [7, 11) is 0. The van der Waals surface area contributed by atoms with Crippen LogP contribution in [0.1, 0.15) is 30.7 Å². The normalized spacial score (nSPS) is 12.2. The van der Waals surface area contributed by atoms with Crippen LogP contribution in [0.5, 0.6) is 0 Å². The maximum absolute atomic E-state index is 5.91. The minimum absolute atomic E-state index is 0. The molecule has 1 atom stereocenters. The molecule has 2 N–H and O–H groups in total. The largest absolute Gasteiger partial charge is 0.323 e. The van der Waals surface area contributed by atoms with E-state index in [0.29, 0.717) is 0 Å². The predicted octanol–water partition coefficient (Wildman–Crippen LogP) is 3.73. The van der Waals surface area contributed by atoms with Gasteiger partial charge >= 0.3 is 0 Å². The van der Waals surface area contributed by atoms with Crippen LogP contribution in [0.25, 0.3) is 0 Å². The van der Waals surface area contributed by atoms with Crippen molar-refractivity contribution in [1.29, 1.82) is 0 Å². The third-order valence-corrected chi connectivity index (χ3v) is 3.31. The summed E-state index contributed by atoms with van der Waals surface area (Å²) in [6.45, 7) is 2.16. The zero-order valence-corrected chi connectivity index (χ0v) is 10.1. The van der Waals surface area contributed by atoms with Crippen LogP contribution < -0.4 is 5.73 Å². The van der Waals surface area contributed by atoms with Crippen LogP contribution in [0.4, 0.5) is 0 Å². The van der Waals surface area contributed by atoms with Gasteiger partial charge in [-0.05, 0) is 34.5 Å². The fourth-order valence-corrected chi connectivity index (χ4v) is 2.44. The third-order valence-electron chi connectivity index (χ3n) is 1.56. The Morgan fingerprint density at radius 2 is 2.25 bits per heavy atom. The minimum atomic E-state index is 0. The molecule has 70 valence electrons. The van der Waals surface area contributed by atoms with Crippen molar-refractivity contribution in [3.8, 4) is 0 Å². The average molecular weight is 271 g/mol. The van der Waals surface area contributed by atoms with Gasteiger partial charge in [-0.2, -0.15) is 0 Å². The fraction of sp³-hybridized carbons (Fsp3) is 0.500. The van der Waals surface area contributed by atoms with Crippen LogP contribution in [0.15, 0.2) is 15.9 Å². The summed E-state index contributed by atoms with van der Waals surface area (Å²) in [6.07, 6.45) is 2.23. The lowest BCUT2D eigenvalue weighted by atomic mass is 10.1. The van der Waals surface area contributed by atoms with E-state index < -0.39 is 0 Å². The van der Waals surface area contributed by atoms with Crippen molar-refractivity contribution in [2.45, 2.75) is 25.8 Å². The van der Waals surface area contributed by atoms with Crippen LogP contribution in [-0.4, -0.2) is 0 Å². The molecule has 1 aromatic rings. The van der Waals surface area contributed by atoms with E-state index in [-0.39, 0.29) is 18.4 Å². The first-order chi connectivity index (χ1) is 5.24. The van der Waals surface area contributed by atoms with E-state index in [2.05, 4.69) is 35.0 Å². The SMILES string of the molecule is CCC[C@H](N)c1ccc(Br)s1.Cl. The summed E-state index contributed by atoms with van der Waals surface area (Å²) in [4.78, 5) is 1.28. The maximum atomic E-state index is 5.91. The Balaban J connectivity index is 0.00000121. The van der Waals surface area contributed by atoms with Gasteiger partial charge in [0.15, 0.2) is 0 Å². The van der Waals surface area contributed by atoms with Crippen LogP contribution in [0, 0.1) is 0 Å². The van der Waals surface area contributed by atoms with Gasteiger partial charge < -0.3 is 5.73 Å². The Morgan fingerprint density at radius 3 is 2.67 bits per heavy atom. The number of hydrogen-bond donors (Lipinski definition) is 1. The van der Waals surface area contributed by atoms with E-state index in [4.69, 9.17) is 5.73 Å². The van der Waals surface area contributed by atoms with Crippen molar-refractivity contribution in [1.82, 2.24) is 0 Å². The second-order valence-corrected chi connectivity index (χ2v) is 5.03. The van der Waals surface area contributed by atoms with Crippen molar-refractivity contribution in [2.75, 3.05) is 0 Å². The molecule has 1 rings (SSSR count). The van der Waals surface area contributed by atoms with Crippen LogP contribution in [0.2, 0.25) is 0 Å². The van der Waals surface area contributed by atoms with E-state index in [1.807, 2.05) is 0 Å². The van der Waals surface area contributed by atoms with E-state index >= 15 is 0 Å². The Kier molecular flexibility index (Phi) is 6.19. The third kappa shape index (κ3) is 3.44. The number of hydrogen-bond acceptors (Lipinski definition) is 2. The van der Waals surface area contributed by atoms with Gasteiger partial charge in [-0.1, -0.05) is 13.3 Å². The molecule has 4 heteroatoms. The monoisotopic (exact) mass is 269 g/mol. The molecule has 0 aliphatic carbocycles. The summed E-state index contributed by atoms with van der Waals surface area (Å²) in [6, 6.07) is 4.38. The summed E-state index contributed by atoms with van der Waals surface area (Å²) < 4.78 is 1.17. The first-order valence-electron chi connectivity index (χ1n) is 3.75. The van der Waals surface area contributed by atoms with Crippen molar-refractivity contribution < 1.29 is 0 Å². The molecular weight excluding hydrogens is 258 g/mol. The molecule has 1 aromatic heterocycles. The van der Waals surface area contributed by atoms with E-state index in [9.17, 15) is 0 Å². The van der Waals surface area contributed by atoms with E-state index in [0.717, 1.165) is 12.8 Å². The molecule has 0 spiro atoms. The molecule has 0 saturated carbocycles. The number of nitrogens with two attached hydrogens (primary N) is 1. The van der Waals surface area contributed by atoms with Crippen molar-refractivity contribution >= 4 is 39.7 Å². The highest BCUT2D eigenvalue weighted by molar-refractivity contribution is 9.11. The van der Waals surface area contributed by atoms with Crippen LogP contribution in [0.3, 0.4) is 0 Å². The second-order valence-electron chi connectivity index (χ2n) is 2.54. The van der Waals surface area contributed by atoms with Crippen molar-refractivity contribution in [2.24, 2.45) is 5.73 Å². The van der Waals surface area contributed by atoms with Gasteiger partial charge in [0.25, 0.3) is 0 Å². The molecule has 0 unspecified atom stereocenters. The average Bonchev–Trinajstić information content (AvgIpc) is 2.36. The molecule has 12 heavy (non-hydrogen) atoms. The van der Waals surface area contributed by atoms with Gasteiger partial charge in [-0.25, -0.2) is 0 Å². The highest BCUT2D eigenvalue weighted by Gasteiger charge is 2.06. The smallest absolute Gasteiger partial charge is 0.0701 e. The maximum Gasteiger partial charge on any atom is 0.0701 e. The quantitative estimate of drug-likeness (QED) is 0.890. The highest BCUT2D eigenvalue weighted by Crippen LogP contribution is 2.27. The van der Waals surface area contributed by atoms with Gasteiger partial charge in [0.2, 0.25) is 0 Å². The van der Waals surface area contributed by atoms with Gasteiger partial charge in [-0.15, -0.1) is 23.7 Å². The second kappa shape index (κ2) is 5.97. The van der Waals surface area contributed by atoms with Gasteiger partial charge in [0.05, 0.1) is 3.79 Å². The molecule has 0 aromatic carbocycles. The summed E-state index contributed by atoms with van der Waals surface area (Å²) in [5.74, 6) is 0.